The second-order valence-corrected chi connectivity index (χ2v) is 4.45. The van der Waals surface area contributed by atoms with Crippen LogP contribution in [0.2, 0.25) is 0 Å². The molecule has 1 unspecified atom stereocenters. The minimum atomic E-state index is -1.16. The van der Waals surface area contributed by atoms with E-state index < -0.39 is 12.1 Å². The summed E-state index contributed by atoms with van der Waals surface area (Å²) < 4.78 is 4.81. The number of aliphatic hydroxyl groups excluding tert-OH is 1. The highest BCUT2D eigenvalue weighted by atomic mass is 16.5. The van der Waals surface area contributed by atoms with Gasteiger partial charge in [-0.25, -0.2) is 4.79 Å². The SMILES string of the molecule is CCOC(=O)C(O)c1cccc(C2CCC2)c1. The molecule has 1 aliphatic rings. The molecule has 92 valence electrons. The highest BCUT2D eigenvalue weighted by molar-refractivity contribution is 5.76. The number of ether oxygens (including phenoxy) is 1. The van der Waals surface area contributed by atoms with Gasteiger partial charge in [-0.15, -0.1) is 0 Å². The Labute approximate surface area is 101 Å². The fourth-order valence-corrected chi connectivity index (χ4v) is 2.08. The predicted octanol–water partition coefficient (Wildman–Crippen LogP) is 2.55. The Morgan fingerprint density at radius 3 is 2.88 bits per heavy atom. The van der Waals surface area contributed by atoms with E-state index in [0.717, 1.165) is 0 Å². The highest BCUT2D eigenvalue weighted by Gasteiger charge is 2.22. The van der Waals surface area contributed by atoms with E-state index in [0.29, 0.717) is 11.5 Å². The van der Waals surface area contributed by atoms with E-state index in [-0.39, 0.29) is 6.61 Å². The predicted molar refractivity (Wildman–Crippen MR) is 64.6 cm³/mol. The minimum Gasteiger partial charge on any atom is -0.464 e. The van der Waals surface area contributed by atoms with Crippen LogP contribution in [0, 0.1) is 0 Å². The van der Waals surface area contributed by atoms with Gasteiger partial charge >= 0.3 is 5.97 Å². The van der Waals surface area contributed by atoms with Crippen LogP contribution in [-0.2, 0) is 9.53 Å². The standard InChI is InChI=1S/C14H18O3/c1-2-17-14(16)13(15)12-8-4-7-11(9-12)10-5-3-6-10/h4,7-10,13,15H,2-3,5-6H2,1H3. The molecule has 0 amide bonds. The average molecular weight is 234 g/mol. The van der Waals surface area contributed by atoms with Crippen LogP contribution in [0.4, 0.5) is 0 Å². The van der Waals surface area contributed by atoms with Crippen LogP contribution in [0.1, 0.15) is 49.3 Å². The van der Waals surface area contributed by atoms with E-state index in [4.69, 9.17) is 4.74 Å². The molecule has 1 atom stereocenters. The number of aliphatic hydroxyl groups is 1. The zero-order chi connectivity index (χ0) is 12.3. The fraction of sp³-hybridized carbons (Fsp3) is 0.500. The van der Waals surface area contributed by atoms with Crippen molar-refractivity contribution in [1.82, 2.24) is 0 Å². The zero-order valence-corrected chi connectivity index (χ0v) is 10.1. The number of carbonyl (C=O) groups is 1. The van der Waals surface area contributed by atoms with Gasteiger partial charge in [0, 0.05) is 0 Å². The van der Waals surface area contributed by atoms with Crippen molar-refractivity contribution in [3.05, 3.63) is 35.4 Å². The molecule has 0 heterocycles. The second-order valence-electron chi connectivity index (χ2n) is 4.45. The molecule has 3 heteroatoms. The molecule has 2 rings (SSSR count). The largest absolute Gasteiger partial charge is 0.464 e. The van der Waals surface area contributed by atoms with Gasteiger partial charge in [-0.05, 0) is 36.8 Å². The number of carbonyl (C=O) groups excluding carboxylic acids is 1. The number of hydrogen-bond acceptors (Lipinski definition) is 3. The Morgan fingerprint density at radius 1 is 1.53 bits per heavy atom. The second kappa shape index (κ2) is 5.32. The Hall–Kier alpha value is -1.35. The first-order valence-corrected chi connectivity index (χ1v) is 6.17. The quantitative estimate of drug-likeness (QED) is 0.814. The summed E-state index contributed by atoms with van der Waals surface area (Å²) in [6, 6.07) is 7.64. The molecular weight excluding hydrogens is 216 g/mol. The third kappa shape index (κ3) is 2.67. The number of hydrogen-bond donors (Lipinski definition) is 1. The first kappa shape index (κ1) is 12.1. The van der Waals surface area contributed by atoms with Crippen LogP contribution in [-0.4, -0.2) is 17.7 Å². The summed E-state index contributed by atoms with van der Waals surface area (Å²) in [6.07, 6.45) is 2.53. The van der Waals surface area contributed by atoms with E-state index in [1.165, 1.54) is 24.8 Å². The van der Waals surface area contributed by atoms with Gasteiger partial charge in [-0.3, -0.25) is 0 Å². The molecule has 0 radical (unpaired) electrons. The van der Waals surface area contributed by atoms with Crippen LogP contribution >= 0.6 is 0 Å². The zero-order valence-electron chi connectivity index (χ0n) is 10.1. The van der Waals surface area contributed by atoms with Crippen LogP contribution in [0.15, 0.2) is 24.3 Å². The molecule has 0 saturated heterocycles. The highest BCUT2D eigenvalue weighted by Crippen LogP contribution is 2.37. The van der Waals surface area contributed by atoms with Gasteiger partial charge < -0.3 is 9.84 Å². The van der Waals surface area contributed by atoms with E-state index in [1.807, 2.05) is 12.1 Å². The van der Waals surface area contributed by atoms with Gasteiger partial charge in [0.25, 0.3) is 0 Å². The van der Waals surface area contributed by atoms with Crippen molar-refractivity contribution in [3.8, 4) is 0 Å². The van der Waals surface area contributed by atoms with Gasteiger partial charge in [0.05, 0.1) is 6.61 Å². The van der Waals surface area contributed by atoms with Crippen LogP contribution in [0.5, 0.6) is 0 Å². The Kier molecular flexibility index (Phi) is 3.79. The van der Waals surface area contributed by atoms with Crippen molar-refractivity contribution < 1.29 is 14.6 Å². The Bertz CT molecular complexity index is 396. The molecule has 1 aliphatic carbocycles. The van der Waals surface area contributed by atoms with Crippen molar-refractivity contribution in [2.75, 3.05) is 6.61 Å². The summed E-state index contributed by atoms with van der Waals surface area (Å²) in [5.41, 5.74) is 1.85. The summed E-state index contributed by atoms with van der Waals surface area (Å²) in [5.74, 6) is 0.0302. The monoisotopic (exact) mass is 234 g/mol. The third-order valence-corrected chi connectivity index (χ3v) is 3.31. The number of benzene rings is 1. The van der Waals surface area contributed by atoms with Crippen LogP contribution in [0.3, 0.4) is 0 Å². The lowest BCUT2D eigenvalue weighted by molar-refractivity contribution is -0.153. The molecule has 1 aromatic rings. The maximum atomic E-state index is 11.4. The third-order valence-electron chi connectivity index (χ3n) is 3.31. The lowest BCUT2D eigenvalue weighted by atomic mass is 9.79. The topological polar surface area (TPSA) is 46.5 Å². The Morgan fingerprint density at radius 2 is 2.29 bits per heavy atom. The van der Waals surface area contributed by atoms with Gasteiger partial charge in [0.2, 0.25) is 0 Å². The summed E-state index contributed by atoms with van der Waals surface area (Å²) in [7, 11) is 0. The summed E-state index contributed by atoms with van der Waals surface area (Å²) in [6.45, 7) is 2.02. The first-order chi connectivity index (χ1) is 8.22. The molecule has 0 spiro atoms. The number of esters is 1. The van der Waals surface area contributed by atoms with E-state index in [2.05, 4.69) is 6.07 Å². The molecule has 1 N–H and O–H groups in total. The molecule has 1 aromatic carbocycles. The smallest absolute Gasteiger partial charge is 0.339 e. The summed E-state index contributed by atoms with van der Waals surface area (Å²) in [4.78, 5) is 11.4. The van der Waals surface area contributed by atoms with Crippen molar-refractivity contribution in [2.24, 2.45) is 0 Å². The summed E-state index contributed by atoms with van der Waals surface area (Å²) in [5, 5.41) is 9.84. The minimum absolute atomic E-state index is 0.290. The molecule has 1 fully saturated rings. The fourth-order valence-electron chi connectivity index (χ4n) is 2.08. The van der Waals surface area contributed by atoms with Crippen molar-refractivity contribution in [2.45, 2.75) is 38.2 Å². The molecule has 0 aromatic heterocycles. The van der Waals surface area contributed by atoms with Crippen LogP contribution in [0.25, 0.3) is 0 Å². The van der Waals surface area contributed by atoms with E-state index in [1.54, 1.807) is 13.0 Å². The van der Waals surface area contributed by atoms with Gasteiger partial charge in [-0.1, -0.05) is 30.7 Å². The normalized spacial score (nSPS) is 17.3. The maximum Gasteiger partial charge on any atom is 0.339 e. The molecule has 3 nitrogen and oxygen atoms in total. The van der Waals surface area contributed by atoms with E-state index >= 15 is 0 Å². The average Bonchev–Trinajstić information content (AvgIpc) is 2.26. The Balaban J connectivity index is 2.11. The first-order valence-electron chi connectivity index (χ1n) is 6.17. The molecular formula is C14H18O3. The van der Waals surface area contributed by atoms with Gasteiger partial charge in [0.15, 0.2) is 6.10 Å². The lowest BCUT2D eigenvalue weighted by Crippen LogP contribution is -2.16. The molecule has 17 heavy (non-hydrogen) atoms. The van der Waals surface area contributed by atoms with E-state index in [9.17, 15) is 9.90 Å². The van der Waals surface area contributed by atoms with Gasteiger partial charge in [-0.2, -0.15) is 0 Å². The maximum absolute atomic E-state index is 11.4. The lowest BCUT2D eigenvalue weighted by Gasteiger charge is -2.26. The van der Waals surface area contributed by atoms with Crippen molar-refractivity contribution in [1.29, 1.82) is 0 Å². The van der Waals surface area contributed by atoms with Gasteiger partial charge in [0.1, 0.15) is 0 Å². The van der Waals surface area contributed by atoms with Crippen molar-refractivity contribution in [3.63, 3.8) is 0 Å². The van der Waals surface area contributed by atoms with Crippen LogP contribution < -0.4 is 0 Å². The molecule has 0 bridgehead atoms. The molecule has 1 saturated carbocycles. The van der Waals surface area contributed by atoms with Crippen molar-refractivity contribution >= 4 is 5.97 Å². The number of rotatable bonds is 4. The molecule has 0 aliphatic heterocycles. The summed E-state index contributed by atoms with van der Waals surface area (Å²) >= 11 is 0.